The maximum Gasteiger partial charge on any atom is 0.236 e. The van der Waals surface area contributed by atoms with Gasteiger partial charge in [-0.2, -0.15) is 5.10 Å². The molecular formula is C19H25N7O3S. The third kappa shape index (κ3) is 4.11. The van der Waals surface area contributed by atoms with Gasteiger partial charge in [0.2, 0.25) is 5.91 Å². The zero-order chi connectivity index (χ0) is 21.3. The molecule has 160 valence electrons. The number of aromatic nitrogens is 4. The average Bonchev–Trinajstić information content (AvgIpc) is 3.30. The number of aryl methyl sites for hydroxylation is 1. The molecule has 0 aromatic carbocycles. The lowest BCUT2D eigenvalue weighted by molar-refractivity contribution is -0.133. The number of carbonyl (C=O) groups is 1. The molecule has 4 heterocycles. The van der Waals surface area contributed by atoms with Gasteiger partial charge in [-0.3, -0.25) is 14.4 Å². The van der Waals surface area contributed by atoms with Crippen molar-refractivity contribution in [1.82, 2.24) is 29.5 Å². The third-order valence-electron chi connectivity index (χ3n) is 5.80. The van der Waals surface area contributed by atoms with Crippen LogP contribution in [0.4, 0.5) is 5.82 Å². The Bertz CT molecular complexity index is 1080. The molecule has 0 bridgehead atoms. The smallest absolute Gasteiger partial charge is 0.236 e. The lowest BCUT2D eigenvalue weighted by Gasteiger charge is -2.37. The van der Waals surface area contributed by atoms with Crippen molar-refractivity contribution in [3.05, 3.63) is 12.5 Å². The molecule has 2 fully saturated rings. The Hall–Kier alpha value is -2.71. The number of fused-ring (bicyclic) bond motifs is 1. The maximum atomic E-state index is 12.9. The molecule has 1 unspecified atom stereocenters. The summed E-state index contributed by atoms with van der Waals surface area (Å²) in [6.07, 6.45) is 9.28. The molecule has 30 heavy (non-hydrogen) atoms. The van der Waals surface area contributed by atoms with Gasteiger partial charge in [0.25, 0.3) is 0 Å². The number of piperazine rings is 1. The minimum absolute atomic E-state index is 0.0246. The highest BCUT2D eigenvalue weighted by atomic mass is 32.2. The lowest BCUT2D eigenvalue weighted by Crippen LogP contribution is -2.52. The van der Waals surface area contributed by atoms with Crippen LogP contribution in [0.3, 0.4) is 0 Å². The number of nitrogens with zero attached hydrogens (tertiary/aromatic N) is 7. The fourth-order valence-corrected chi connectivity index (χ4v) is 5.90. The molecule has 0 N–H and O–H groups in total. The summed E-state index contributed by atoms with van der Waals surface area (Å²) >= 11 is 0. The first-order valence-electron chi connectivity index (χ1n) is 9.91. The summed E-state index contributed by atoms with van der Waals surface area (Å²) in [5.74, 6) is 3.59. The molecule has 2 saturated heterocycles. The van der Waals surface area contributed by atoms with Crippen LogP contribution in [0.2, 0.25) is 0 Å². The van der Waals surface area contributed by atoms with E-state index >= 15 is 0 Å². The fraction of sp³-hybridized carbons (Fsp3) is 0.579. The SMILES string of the molecule is C#CCN(CC(=O)N1CCN(c2ncnc3c2cnn3C)CC1)C1CCS(=O)(=O)C1. The second-order valence-electron chi connectivity index (χ2n) is 7.74. The van der Waals surface area contributed by atoms with Crippen molar-refractivity contribution >= 4 is 32.6 Å². The second-order valence-corrected chi connectivity index (χ2v) is 9.97. The lowest BCUT2D eigenvalue weighted by atomic mass is 10.2. The molecule has 2 aromatic heterocycles. The van der Waals surface area contributed by atoms with Crippen LogP contribution in [0.15, 0.2) is 12.5 Å². The van der Waals surface area contributed by atoms with Crippen LogP contribution in [0.25, 0.3) is 11.0 Å². The van der Waals surface area contributed by atoms with E-state index in [4.69, 9.17) is 6.42 Å². The first-order valence-corrected chi connectivity index (χ1v) is 11.7. The fourth-order valence-electron chi connectivity index (χ4n) is 4.14. The standard InChI is InChI=1S/C19H25N7O3S/c1-3-5-26(15-4-10-30(28,29)13-15)12-17(27)24-6-8-25(9-7-24)19-16-11-22-23(2)18(16)20-14-21-19/h1,11,14-15H,4-10,12-13H2,2H3. The van der Waals surface area contributed by atoms with Crippen LogP contribution < -0.4 is 4.90 Å². The highest BCUT2D eigenvalue weighted by Crippen LogP contribution is 2.23. The van der Waals surface area contributed by atoms with Crippen molar-refractivity contribution in [1.29, 1.82) is 0 Å². The zero-order valence-corrected chi connectivity index (χ0v) is 17.8. The molecule has 0 spiro atoms. The minimum atomic E-state index is -3.03. The van der Waals surface area contributed by atoms with Gasteiger partial charge in [0, 0.05) is 39.3 Å². The van der Waals surface area contributed by atoms with Gasteiger partial charge in [0.05, 0.1) is 36.2 Å². The Labute approximate surface area is 175 Å². The Morgan fingerprint density at radius 1 is 1.30 bits per heavy atom. The molecule has 11 heteroatoms. The molecule has 1 atom stereocenters. The van der Waals surface area contributed by atoms with Crippen LogP contribution >= 0.6 is 0 Å². The Kier molecular flexibility index (Phi) is 5.62. The summed E-state index contributed by atoms with van der Waals surface area (Å²) in [5, 5.41) is 5.14. The summed E-state index contributed by atoms with van der Waals surface area (Å²) in [6, 6.07) is -0.184. The highest BCUT2D eigenvalue weighted by molar-refractivity contribution is 7.91. The topological polar surface area (TPSA) is 105 Å². The van der Waals surface area contributed by atoms with Crippen molar-refractivity contribution < 1.29 is 13.2 Å². The van der Waals surface area contributed by atoms with Crippen molar-refractivity contribution in [2.75, 3.05) is 55.7 Å². The van der Waals surface area contributed by atoms with Crippen molar-refractivity contribution in [2.45, 2.75) is 12.5 Å². The maximum absolute atomic E-state index is 12.9. The molecule has 1 amide bonds. The monoisotopic (exact) mass is 431 g/mol. The van der Waals surface area contributed by atoms with Crippen molar-refractivity contribution in [3.8, 4) is 12.3 Å². The minimum Gasteiger partial charge on any atom is -0.352 e. The number of hydrogen-bond acceptors (Lipinski definition) is 8. The predicted octanol–water partition coefficient (Wildman–Crippen LogP) is -0.866. The second kappa shape index (κ2) is 8.20. The molecule has 0 aliphatic carbocycles. The van der Waals surface area contributed by atoms with E-state index in [1.165, 1.54) is 6.33 Å². The predicted molar refractivity (Wildman–Crippen MR) is 113 cm³/mol. The summed E-state index contributed by atoms with van der Waals surface area (Å²) in [7, 11) is -1.19. The number of hydrogen-bond donors (Lipinski definition) is 0. The number of anilines is 1. The van der Waals surface area contributed by atoms with Crippen LogP contribution in [-0.4, -0.2) is 101 Å². The van der Waals surface area contributed by atoms with Gasteiger partial charge in [-0.05, 0) is 6.42 Å². The number of carbonyl (C=O) groups excluding carboxylic acids is 1. The van der Waals surface area contributed by atoms with Crippen molar-refractivity contribution in [3.63, 3.8) is 0 Å². The van der Waals surface area contributed by atoms with E-state index < -0.39 is 9.84 Å². The first-order chi connectivity index (χ1) is 14.4. The van der Waals surface area contributed by atoms with Gasteiger partial charge in [-0.25, -0.2) is 18.4 Å². The zero-order valence-electron chi connectivity index (χ0n) is 16.9. The van der Waals surface area contributed by atoms with E-state index in [2.05, 4.69) is 25.9 Å². The van der Waals surface area contributed by atoms with Crippen LogP contribution in [0.1, 0.15) is 6.42 Å². The molecule has 2 aliphatic rings. The molecule has 2 aromatic rings. The van der Waals surface area contributed by atoms with Crippen LogP contribution in [-0.2, 0) is 21.7 Å². The summed E-state index contributed by atoms with van der Waals surface area (Å²) in [4.78, 5) is 27.3. The molecule has 0 saturated carbocycles. The van der Waals surface area contributed by atoms with E-state index in [9.17, 15) is 13.2 Å². The number of amides is 1. The summed E-state index contributed by atoms with van der Waals surface area (Å²) in [6.45, 7) is 2.85. The normalized spacial score (nSPS) is 21.3. The van der Waals surface area contributed by atoms with E-state index in [0.29, 0.717) is 32.6 Å². The quantitative estimate of drug-likeness (QED) is 0.563. The Balaban J connectivity index is 1.38. The van der Waals surface area contributed by atoms with E-state index in [0.717, 1.165) is 16.9 Å². The largest absolute Gasteiger partial charge is 0.352 e. The highest BCUT2D eigenvalue weighted by Gasteiger charge is 2.34. The molecule has 4 rings (SSSR count). The van der Waals surface area contributed by atoms with Gasteiger partial charge in [-0.1, -0.05) is 5.92 Å². The van der Waals surface area contributed by atoms with Gasteiger partial charge < -0.3 is 9.80 Å². The molecular weight excluding hydrogens is 406 g/mol. The molecule has 0 radical (unpaired) electrons. The van der Waals surface area contributed by atoms with E-state index in [1.807, 2.05) is 16.8 Å². The molecule has 2 aliphatic heterocycles. The third-order valence-corrected chi connectivity index (χ3v) is 7.55. The van der Waals surface area contributed by atoms with Gasteiger partial charge in [0.15, 0.2) is 15.5 Å². The van der Waals surface area contributed by atoms with Crippen LogP contribution in [0, 0.1) is 12.3 Å². The van der Waals surface area contributed by atoms with Gasteiger partial charge >= 0.3 is 0 Å². The van der Waals surface area contributed by atoms with E-state index in [-0.39, 0.29) is 36.5 Å². The number of terminal acetylenes is 1. The summed E-state index contributed by atoms with van der Waals surface area (Å²) in [5.41, 5.74) is 0.773. The first kappa shape index (κ1) is 20.6. The average molecular weight is 432 g/mol. The van der Waals surface area contributed by atoms with Gasteiger partial charge in [-0.15, -0.1) is 6.42 Å². The van der Waals surface area contributed by atoms with E-state index in [1.54, 1.807) is 10.9 Å². The Morgan fingerprint density at radius 2 is 2.07 bits per heavy atom. The Morgan fingerprint density at radius 3 is 2.73 bits per heavy atom. The van der Waals surface area contributed by atoms with Gasteiger partial charge in [0.1, 0.15) is 12.1 Å². The van der Waals surface area contributed by atoms with Crippen LogP contribution in [0.5, 0.6) is 0 Å². The molecule has 10 nitrogen and oxygen atoms in total. The number of rotatable bonds is 5. The summed E-state index contributed by atoms with van der Waals surface area (Å²) < 4.78 is 25.3. The van der Waals surface area contributed by atoms with Crippen molar-refractivity contribution in [2.24, 2.45) is 7.05 Å². The number of sulfone groups is 1.